The summed E-state index contributed by atoms with van der Waals surface area (Å²) >= 11 is 0. The number of methoxy groups -OCH3 is 1. The fraction of sp³-hybridized carbons (Fsp3) is 0.700. The Labute approximate surface area is 74.6 Å². The molecule has 0 spiro atoms. The Balaban J connectivity index is 3.52. The highest BCUT2D eigenvalue weighted by atomic mass is 16.5. The molecule has 0 aromatic carbocycles. The SMILES string of the molecule is CCCCCC(/C=C/C=O)OC. The van der Waals surface area contributed by atoms with Crippen molar-refractivity contribution in [3.8, 4) is 0 Å². The Morgan fingerprint density at radius 2 is 2.17 bits per heavy atom. The monoisotopic (exact) mass is 170 g/mol. The second-order valence-corrected chi connectivity index (χ2v) is 2.79. The molecule has 0 rings (SSSR count). The number of ether oxygens (including phenoxy) is 1. The van der Waals surface area contributed by atoms with E-state index >= 15 is 0 Å². The van der Waals surface area contributed by atoms with Gasteiger partial charge in [0.25, 0.3) is 0 Å². The second kappa shape index (κ2) is 8.47. The lowest BCUT2D eigenvalue weighted by molar-refractivity contribution is -0.104. The number of aldehydes is 1. The third kappa shape index (κ3) is 6.10. The Morgan fingerprint density at radius 1 is 1.42 bits per heavy atom. The zero-order valence-corrected chi connectivity index (χ0v) is 7.95. The normalized spacial score (nSPS) is 13.5. The van der Waals surface area contributed by atoms with E-state index in [0.717, 1.165) is 19.1 Å². The number of carbonyl (C=O) groups is 1. The van der Waals surface area contributed by atoms with Crippen molar-refractivity contribution in [2.45, 2.75) is 38.7 Å². The molecule has 0 saturated carbocycles. The molecule has 0 fully saturated rings. The van der Waals surface area contributed by atoms with Crippen molar-refractivity contribution in [1.82, 2.24) is 0 Å². The fourth-order valence-electron chi connectivity index (χ4n) is 1.06. The highest BCUT2D eigenvalue weighted by molar-refractivity contribution is 5.64. The van der Waals surface area contributed by atoms with Crippen molar-refractivity contribution >= 4 is 6.29 Å². The lowest BCUT2D eigenvalue weighted by Crippen LogP contribution is -2.06. The molecule has 0 aliphatic carbocycles. The molecule has 0 aliphatic heterocycles. The Morgan fingerprint density at radius 3 is 2.67 bits per heavy atom. The van der Waals surface area contributed by atoms with Gasteiger partial charge in [0.2, 0.25) is 0 Å². The van der Waals surface area contributed by atoms with Crippen molar-refractivity contribution in [2.75, 3.05) is 7.11 Å². The zero-order valence-electron chi connectivity index (χ0n) is 7.95. The first-order valence-corrected chi connectivity index (χ1v) is 4.50. The van der Waals surface area contributed by atoms with Crippen LogP contribution < -0.4 is 0 Å². The summed E-state index contributed by atoms with van der Waals surface area (Å²) in [5, 5.41) is 0. The van der Waals surface area contributed by atoms with Gasteiger partial charge in [0.1, 0.15) is 6.29 Å². The quantitative estimate of drug-likeness (QED) is 0.333. The van der Waals surface area contributed by atoms with Gasteiger partial charge in [-0.2, -0.15) is 0 Å². The van der Waals surface area contributed by atoms with Gasteiger partial charge in [0, 0.05) is 7.11 Å². The molecule has 0 bridgehead atoms. The Kier molecular flexibility index (Phi) is 8.02. The van der Waals surface area contributed by atoms with E-state index < -0.39 is 0 Å². The van der Waals surface area contributed by atoms with Gasteiger partial charge in [-0.1, -0.05) is 32.3 Å². The van der Waals surface area contributed by atoms with Gasteiger partial charge in [-0.25, -0.2) is 0 Å². The molecule has 0 aromatic rings. The number of hydrogen-bond donors (Lipinski definition) is 0. The molecule has 0 aromatic heterocycles. The molecule has 12 heavy (non-hydrogen) atoms. The van der Waals surface area contributed by atoms with E-state index in [1.807, 2.05) is 6.08 Å². The molecule has 70 valence electrons. The Hall–Kier alpha value is -0.630. The molecule has 1 atom stereocenters. The van der Waals surface area contributed by atoms with Gasteiger partial charge < -0.3 is 4.74 Å². The first kappa shape index (κ1) is 11.4. The highest BCUT2D eigenvalue weighted by Crippen LogP contribution is 2.06. The maximum absolute atomic E-state index is 10.0. The van der Waals surface area contributed by atoms with Crippen LogP contribution in [0.25, 0.3) is 0 Å². The van der Waals surface area contributed by atoms with E-state index in [-0.39, 0.29) is 6.10 Å². The molecule has 0 N–H and O–H groups in total. The molecule has 0 saturated heterocycles. The van der Waals surface area contributed by atoms with Crippen LogP contribution in [0, 0.1) is 0 Å². The first-order chi connectivity index (χ1) is 5.85. The van der Waals surface area contributed by atoms with Gasteiger partial charge in [0.05, 0.1) is 6.10 Å². The maximum atomic E-state index is 10.0. The van der Waals surface area contributed by atoms with E-state index in [0.29, 0.717) is 0 Å². The molecule has 1 unspecified atom stereocenters. The lowest BCUT2D eigenvalue weighted by atomic mass is 10.1. The van der Waals surface area contributed by atoms with Gasteiger partial charge >= 0.3 is 0 Å². The number of allylic oxidation sites excluding steroid dienone is 1. The molecule has 0 aliphatic rings. The number of unbranched alkanes of at least 4 members (excludes halogenated alkanes) is 2. The van der Waals surface area contributed by atoms with Crippen LogP contribution in [0.3, 0.4) is 0 Å². The summed E-state index contributed by atoms with van der Waals surface area (Å²) in [6, 6.07) is 0. The zero-order chi connectivity index (χ0) is 9.23. The van der Waals surface area contributed by atoms with Crippen molar-refractivity contribution in [3.05, 3.63) is 12.2 Å². The van der Waals surface area contributed by atoms with E-state index in [2.05, 4.69) is 6.92 Å². The molecule has 0 radical (unpaired) electrons. The summed E-state index contributed by atoms with van der Waals surface area (Å²) in [7, 11) is 1.67. The third-order valence-electron chi connectivity index (χ3n) is 1.80. The highest BCUT2D eigenvalue weighted by Gasteiger charge is 2.00. The predicted molar refractivity (Wildman–Crippen MR) is 50.1 cm³/mol. The van der Waals surface area contributed by atoms with Gasteiger partial charge in [-0.05, 0) is 12.5 Å². The molecule has 2 nitrogen and oxygen atoms in total. The predicted octanol–water partition coefficient (Wildman–Crippen LogP) is 2.34. The number of rotatable bonds is 7. The summed E-state index contributed by atoms with van der Waals surface area (Å²) < 4.78 is 5.15. The lowest BCUT2D eigenvalue weighted by Gasteiger charge is -2.08. The third-order valence-corrected chi connectivity index (χ3v) is 1.80. The topological polar surface area (TPSA) is 26.3 Å². The van der Waals surface area contributed by atoms with Gasteiger partial charge in [-0.15, -0.1) is 0 Å². The molecule has 2 heteroatoms. The summed E-state index contributed by atoms with van der Waals surface area (Å²) in [6.07, 6.45) is 8.83. The number of hydrogen-bond acceptors (Lipinski definition) is 2. The largest absolute Gasteiger partial charge is 0.377 e. The number of carbonyl (C=O) groups excluding carboxylic acids is 1. The van der Waals surface area contributed by atoms with E-state index in [1.165, 1.54) is 18.9 Å². The van der Waals surface area contributed by atoms with Crippen molar-refractivity contribution in [1.29, 1.82) is 0 Å². The van der Waals surface area contributed by atoms with Crippen LogP contribution in [-0.4, -0.2) is 19.5 Å². The smallest absolute Gasteiger partial charge is 0.142 e. The van der Waals surface area contributed by atoms with Crippen LogP contribution in [0.2, 0.25) is 0 Å². The minimum Gasteiger partial charge on any atom is -0.377 e. The summed E-state index contributed by atoms with van der Waals surface area (Å²) in [6.45, 7) is 2.17. The van der Waals surface area contributed by atoms with Crippen LogP contribution in [0.1, 0.15) is 32.6 Å². The minimum atomic E-state index is 0.113. The van der Waals surface area contributed by atoms with E-state index in [1.54, 1.807) is 7.11 Å². The van der Waals surface area contributed by atoms with Crippen LogP contribution in [0.5, 0.6) is 0 Å². The summed E-state index contributed by atoms with van der Waals surface area (Å²) in [4.78, 5) is 10.0. The fourth-order valence-corrected chi connectivity index (χ4v) is 1.06. The molecule has 0 amide bonds. The van der Waals surface area contributed by atoms with Crippen LogP contribution >= 0.6 is 0 Å². The van der Waals surface area contributed by atoms with Crippen molar-refractivity contribution in [2.24, 2.45) is 0 Å². The van der Waals surface area contributed by atoms with E-state index in [4.69, 9.17) is 4.74 Å². The summed E-state index contributed by atoms with van der Waals surface area (Å²) in [5.74, 6) is 0. The average Bonchev–Trinajstić information content (AvgIpc) is 2.11. The van der Waals surface area contributed by atoms with Crippen molar-refractivity contribution < 1.29 is 9.53 Å². The second-order valence-electron chi connectivity index (χ2n) is 2.79. The standard InChI is InChI=1S/C10H18O2/c1-3-4-5-7-10(12-2)8-6-9-11/h6,8-10H,3-5,7H2,1-2H3/b8-6+. The minimum absolute atomic E-state index is 0.113. The Bertz CT molecular complexity index is 130. The first-order valence-electron chi connectivity index (χ1n) is 4.50. The van der Waals surface area contributed by atoms with Gasteiger partial charge in [0.15, 0.2) is 0 Å². The van der Waals surface area contributed by atoms with Crippen LogP contribution in [-0.2, 0) is 9.53 Å². The molecule has 0 heterocycles. The van der Waals surface area contributed by atoms with Crippen LogP contribution in [0.4, 0.5) is 0 Å². The van der Waals surface area contributed by atoms with Crippen molar-refractivity contribution in [3.63, 3.8) is 0 Å². The average molecular weight is 170 g/mol. The van der Waals surface area contributed by atoms with Gasteiger partial charge in [-0.3, -0.25) is 4.79 Å². The summed E-state index contributed by atoms with van der Waals surface area (Å²) in [5.41, 5.74) is 0. The molecular weight excluding hydrogens is 152 g/mol. The van der Waals surface area contributed by atoms with E-state index in [9.17, 15) is 4.79 Å². The van der Waals surface area contributed by atoms with Crippen LogP contribution in [0.15, 0.2) is 12.2 Å². The maximum Gasteiger partial charge on any atom is 0.142 e. The molecular formula is C10H18O2.